The van der Waals surface area contributed by atoms with Crippen molar-refractivity contribution in [1.29, 1.82) is 0 Å². The molecule has 0 aromatic heterocycles. The summed E-state index contributed by atoms with van der Waals surface area (Å²) in [5.74, 6) is -0.0406. The third-order valence-electron chi connectivity index (χ3n) is 3.33. The van der Waals surface area contributed by atoms with Crippen LogP contribution in [0.15, 0.2) is 18.2 Å². The van der Waals surface area contributed by atoms with E-state index in [1.54, 1.807) is 18.2 Å². The number of anilines is 1. The van der Waals surface area contributed by atoms with Crippen LogP contribution in [0.25, 0.3) is 0 Å². The van der Waals surface area contributed by atoms with Crippen LogP contribution in [-0.2, 0) is 9.53 Å². The molecule has 1 aromatic carbocycles. The van der Waals surface area contributed by atoms with E-state index in [4.69, 9.17) is 27.9 Å². The molecule has 1 atom stereocenters. The quantitative estimate of drug-likeness (QED) is 0.882. The fraction of sp³-hybridized carbons (Fsp3) is 0.462. The Labute approximate surface area is 122 Å². The SMILES string of the molecule is C[C@@H](C(=O)Nc1ccc(Cl)cc1Cl)[NH+]1CCOCC1. The van der Waals surface area contributed by atoms with Gasteiger partial charge in [-0.2, -0.15) is 0 Å². The van der Waals surface area contributed by atoms with E-state index in [0.29, 0.717) is 28.9 Å². The number of morpholine rings is 1. The first-order valence-corrected chi connectivity index (χ1v) is 7.02. The first-order valence-electron chi connectivity index (χ1n) is 6.26. The van der Waals surface area contributed by atoms with Crippen LogP contribution < -0.4 is 10.2 Å². The molecule has 6 heteroatoms. The van der Waals surface area contributed by atoms with Gasteiger partial charge in [0.2, 0.25) is 0 Å². The Bertz CT molecular complexity index is 462. The van der Waals surface area contributed by atoms with Gasteiger partial charge in [0.25, 0.3) is 5.91 Å². The van der Waals surface area contributed by atoms with Crippen molar-refractivity contribution < 1.29 is 14.4 Å². The first-order chi connectivity index (χ1) is 9.08. The van der Waals surface area contributed by atoms with Crippen LogP contribution in [0, 0.1) is 0 Å². The predicted octanol–water partition coefficient (Wildman–Crippen LogP) is 1.24. The minimum atomic E-state index is -0.129. The Balaban J connectivity index is 1.99. The zero-order chi connectivity index (χ0) is 13.8. The zero-order valence-corrected chi connectivity index (χ0v) is 12.2. The maximum Gasteiger partial charge on any atom is 0.282 e. The van der Waals surface area contributed by atoms with Crippen molar-refractivity contribution in [2.45, 2.75) is 13.0 Å². The third-order valence-corrected chi connectivity index (χ3v) is 3.88. The predicted molar refractivity (Wildman–Crippen MR) is 76.1 cm³/mol. The summed E-state index contributed by atoms with van der Waals surface area (Å²) in [4.78, 5) is 13.4. The molecule has 19 heavy (non-hydrogen) atoms. The maximum absolute atomic E-state index is 12.2. The van der Waals surface area contributed by atoms with E-state index in [-0.39, 0.29) is 11.9 Å². The lowest BCUT2D eigenvalue weighted by atomic mass is 10.2. The van der Waals surface area contributed by atoms with Gasteiger partial charge in [-0.05, 0) is 25.1 Å². The molecule has 0 radical (unpaired) electrons. The Kier molecular flexibility index (Phi) is 5.05. The molecule has 0 saturated carbocycles. The number of quaternary nitrogens is 1. The number of carbonyl (C=O) groups excluding carboxylic acids is 1. The highest BCUT2D eigenvalue weighted by molar-refractivity contribution is 6.36. The highest BCUT2D eigenvalue weighted by Crippen LogP contribution is 2.25. The molecule has 4 nitrogen and oxygen atoms in total. The van der Waals surface area contributed by atoms with Crippen LogP contribution in [-0.4, -0.2) is 38.3 Å². The van der Waals surface area contributed by atoms with Crippen LogP contribution in [0.2, 0.25) is 10.0 Å². The Morgan fingerprint density at radius 2 is 2.05 bits per heavy atom. The molecule has 0 aliphatic carbocycles. The number of rotatable bonds is 3. The number of nitrogens with one attached hydrogen (secondary N) is 2. The Morgan fingerprint density at radius 3 is 2.68 bits per heavy atom. The summed E-state index contributed by atoms with van der Waals surface area (Å²) in [6.07, 6.45) is 0. The monoisotopic (exact) mass is 303 g/mol. The number of halogens is 2. The van der Waals surface area contributed by atoms with Crippen LogP contribution in [0.1, 0.15) is 6.92 Å². The van der Waals surface area contributed by atoms with Gasteiger partial charge in [0.1, 0.15) is 13.1 Å². The second-order valence-corrected chi connectivity index (χ2v) is 5.45. The fourth-order valence-corrected chi connectivity index (χ4v) is 2.54. The molecule has 2 N–H and O–H groups in total. The van der Waals surface area contributed by atoms with Gasteiger partial charge >= 0.3 is 0 Å². The van der Waals surface area contributed by atoms with E-state index in [2.05, 4.69) is 5.32 Å². The normalized spacial score (nSPS) is 18.1. The Morgan fingerprint density at radius 1 is 1.37 bits per heavy atom. The van der Waals surface area contributed by atoms with Crippen molar-refractivity contribution >= 4 is 34.8 Å². The molecule has 1 saturated heterocycles. The molecule has 1 aromatic rings. The van der Waals surface area contributed by atoms with E-state index < -0.39 is 0 Å². The van der Waals surface area contributed by atoms with Crippen molar-refractivity contribution in [2.24, 2.45) is 0 Å². The molecule has 0 unspecified atom stereocenters. The average molecular weight is 304 g/mol. The second kappa shape index (κ2) is 6.57. The van der Waals surface area contributed by atoms with E-state index >= 15 is 0 Å². The van der Waals surface area contributed by atoms with Crippen LogP contribution in [0.3, 0.4) is 0 Å². The van der Waals surface area contributed by atoms with Crippen molar-refractivity contribution in [1.82, 2.24) is 0 Å². The lowest BCUT2D eigenvalue weighted by molar-refractivity contribution is -0.921. The molecule has 1 heterocycles. The second-order valence-electron chi connectivity index (χ2n) is 4.61. The van der Waals surface area contributed by atoms with E-state index in [0.717, 1.165) is 13.1 Å². The molecular weight excluding hydrogens is 287 g/mol. The Hall–Kier alpha value is -0.810. The first kappa shape index (κ1) is 14.6. The summed E-state index contributed by atoms with van der Waals surface area (Å²) in [5.41, 5.74) is 0.593. The number of hydrogen-bond donors (Lipinski definition) is 2. The summed E-state index contributed by atoms with van der Waals surface area (Å²) in [6.45, 7) is 5.02. The highest BCUT2D eigenvalue weighted by atomic mass is 35.5. The summed E-state index contributed by atoms with van der Waals surface area (Å²) in [5, 5.41) is 3.84. The van der Waals surface area contributed by atoms with Crippen LogP contribution in [0.4, 0.5) is 5.69 Å². The molecule has 1 amide bonds. The summed E-state index contributed by atoms with van der Waals surface area (Å²) >= 11 is 11.9. The molecule has 104 valence electrons. The maximum atomic E-state index is 12.2. The minimum Gasteiger partial charge on any atom is -0.370 e. The van der Waals surface area contributed by atoms with Gasteiger partial charge in [-0.3, -0.25) is 4.79 Å². The van der Waals surface area contributed by atoms with Crippen LogP contribution in [0.5, 0.6) is 0 Å². The summed E-state index contributed by atoms with van der Waals surface area (Å²) in [7, 11) is 0. The molecular formula is C13H17Cl2N2O2+. The van der Waals surface area contributed by atoms with Gasteiger partial charge < -0.3 is 15.0 Å². The van der Waals surface area contributed by atoms with Crippen molar-refractivity contribution in [3.8, 4) is 0 Å². The summed E-state index contributed by atoms with van der Waals surface area (Å²) < 4.78 is 5.29. The standard InChI is InChI=1S/C13H16Cl2N2O2/c1-9(17-4-6-19-7-5-17)13(18)16-12-3-2-10(14)8-11(12)15/h2-3,8-9H,4-7H2,1H3,(H,16,18)/p+1/t9-/m0/s1. The van der Waals surface area contributed by atoms with Crippen molar-refractivity contribution in [3.63, 3.8) is 0 Å². The molecule has 1 fully saturated rings. The molecule has 2 rings (SSSR count). The van der Waals surface area contributed by atoms with Gasteiger partial charge in [0, 0.05) is 5.02 Å². The largest absolute Gasteiger partial charge is 0.370 e. The van der Waals surface area contributed by atoms with E-state index in [1.165, 1.54) is 4.90 Å². The molecule has 1 aliphatic heterocycles. The topological polar surface area (TPSA) is 42.8 Å². The zero-order valence-electron chi connectivity index (χ0n) is 10.7. The lowest BCUT2D eigenvalue weighted by Crippen LogP contribution is -3.18. The van der Waals surface area contributed by atoms with Gasteiger partial charge in [-0.15, -0.1) is 0 Å². The third kappa shape index (κ3) is 3.83. The number of benzene rings is 1. The van der Waals surface area contributed by atoms with Crippen LogP contribution >= 0.6 is 23.2 Å². The van der Waals surface area contributed by atoms with Crippen molar-refractivity contribution in [3.05, 3.63) is 28.2 Å². The minimum absolute atomic E-state index is 0.0406. The summed E-state index contributed by atoms with van der Waals surface area (Å²) in [6, 6.07) is 4.90. The smallest absolute Gasteiger partial charge is 0.282 e. The van der Waals surface area contributed by atoms with E-state index in [9.17, 15) is 4.79 Å². The van der Waals surface area contributed by atoms with Gasteiger partial charge in [0.05, 0.1) is 23.9 Å². The fourth-order valence-electron chi connectivity index (χ4n) is 2.08. The van der Waals surface area contributed by atoms with Gasteiger partial charge in [0.15, 0.2) is 6.04 Å². The van der Waals surface area contributed by atoms with Gasteiger partial charge in [-0.25, -0.2) is 0 Å². The molecule has 1 aliphatic rings. The lowest BCUT2D eigenvalue weighted by Gasteiger charge is -2.28. The average Bonchev–Trinajstić information content (AvgIpc) is 2.42. The number of amides is 1. The van der Waals surface area contributed by atoms with Gasteiger partial charge in [-0.1, -0.05) is 23.2 Å². The number of hydrogen-bond acceptors (Lipinski definition) is 2. The number of carbonyl (C=O) groups is 1. The van der Waals surface area contributed by atoms with E-state index in [1.807, 2.05) is 6.92 Å². The molecule has 0 bridgehead atoms. The number of ether oxygens (including phenoxy) is 1. The molecule has 0 spiro atoms. The van der Waals surface area contributed by atoms with Crippen molar-refractivity contribution in [2.75, 3.05) is 31.6 Å². The highest BCUT2D eigenvalue weighted by Gasteiger charge is 2.27.